The molecule has 0 N–H and O–H groups in total. The summed E-state index contributed by atoms with van der Waals surface area (Å²) in [6.07, 6.45) is 7.67. The molecule has 0 radical (unpaired) electrons. The van der Waals surface area contributed by atoms with Gasteiger partial charge in [0.1, 0.15) is 12.7 Å². The van der Waals surface area contributed by atoms with Gasteiger partial charge in [-0.15, -0.1) is 0 Å². The first-order valence-electron chi connectivity index (χ1n) is 9.72. The zero-order valence-electron chi connectivity index (χ0n) is 15.5. The molecule has 3 heterocycles. The van der Waals surface area contributed by atoms with E-state index in [4.69, 9.17) is 9.47 Å². The van der Waals surface area contributed by atoms with Crippen molar-refractivity contribution in [1.82, 2.24) is 19.7 Å². The maximum Gasteiger partial charge on any atom is 0.254 e. The highest BCUT2D eigenvalue weighted by Gasteiger charge is 2.27. The van der Waals surface area contributed by atoms with E-state index in [0.717, 1.165) is 44.5 Å². The Bertz CT molecular complexity index is 702. The number of hydrogen-bond donors (Lipinski definition) is 0. The van der Waals surface area contributed by atoms with Gasteiger partial charge < -0.3 is 14.4 Å². The molecule has 0 aliphatic carbocycles. The highest BCUT2D eigenvalue weighted by molar-refractivity contribution is 5.94. The molecule has 2 saturated heterocycles. The van der Waals surface area contributed by atoms with E-state index in [1.54, 1.807) is 11.0 Å². The van der Waals surface area contributed by atoms with Crippen molar-refractivity contribution >= 4 is 5.91 Å². The first kappa shape index (κ1) is 18.1. The van der Waals surface area contributed by atoms with Gasteiger partial charge in [0.25, 0.3) is 5.91 Å². The molecule has 2 aliphatic rings. The summed E-state index contributed by atoms with van der Waals surface area (Å²) in [5.74, 6) is 0.0494. The fraction of sp³-hybridized carbons (Fsp3) is 0.550. The summed E-state index contributed by atoms with van der Waals surface area (Å²) >= 11 is 0. The number of carbonyl (C=O) groups is 1. The molecule has 2 fully saturated rings. The average Bonchev–Trinajstić information content (AvgIpc) is 3.45. The van der Waals surface area contributed by atoms with Crippen LogP contribution in [0.15, 0.2) is 36.9 Å². The van der Waals surface area contributed by atoms with Crippen molar-refractivity contribution in [2.75, 3.05) is 26.3 Å². The number of benzene rings is 1. The lowest BCUT2D eigenvalue weighted by Crippen LogP contribution is -2.42. The number of rotatable bonds is 7. The second-order valence-corrected chi connectivity index (χ2v) is 7.27. The molecule has 0 bridgehead atoms. The van der Waals surface area contributed by atoms with Crippen LogP contribution in [0.25, 0.3) is 0 Å². The number of carbonyl (C=O) groups excluding carboxylic acids is 1. The number of aromatic nitrogens is 3. The van der Waals surface area contributed by atoms with Crippen molar-refractivity contribution in [3.63, 3.8) is 0 Å². The number of ether oxygens (including phenoxy) is 2. The quantitative estimate of drug-likeness (QED) is 0.747. The molecule has 7 heteroatoms. The van der Waals surface area contributed by atoms with Crippen molar-refractivity contribution in [2.45, 2.75) is 44.4 Å². The Hall–Kier alpha value is -2.25. The molecule has 0 spiro atoms. The van der Waals surface area contributed by atoms with Gasteiger partial charge in [-0.3, -0.25) is 4.79 Å². The first-order valence-corrected chi connectivity index (χ1v) is 9.72. The third-order valence-electron chi connectivity index (χ3n) is 5.20. The van der Waals surface area contributed by atoms with Crippen LogP contribution in [0.4, 0.5) is 0 Å². The summed E-state index contributed by atoms with van der Waals surface area (Å²) in [6.45, 7) is 3.51. The second-order valence-electron chi connectivity index (χ2n) is 7.27. The molecule has 1 aromatic carbocycles. The summed E-state index contributed by atoms with van der Waals surface area (Å²) in [5.41, 5.74) is 1.79. The SMILES string of the molecule is O=C(c1ccc(Cn2cncn2)cc1)N(C[C@@H]1CCCO1)C[C@@H]1CCCO1. The third kappa shape index (κ3) is 4.73. The Labute approximate surface area is 159 Å². The van der Waals surface area contributed by atoms with Gasteiger partial charge in [-0.2, -0.15) is 5.10 Å². The van der Waals surface area contributed by atoms with Gasteiger partial charge in [0.05, 0.1) is 18.8 Å². The van der Waals surface area contributed by atoms with Crippen LogP contribution in [0.2, 0.25) is 0 Å². The Morgan fingerprint density at radius 3 is 2.26 bits per heavy atom. The molecule has 4 rings (SSSR count). The first-order chi connectivity index (χ1) is 13.3. The van der Waals surface area contributed by atoms with E-state index in [2.05, 4.69) is 10.1 Å². The summed E-state index contributed by atoms with van der Waals surface area (Å²) in [4.78, 5) is 19.0. The van der Waals surface area contributed by atoms with Crippen LogP contribution >= 0.6 is 0 Å². The standard InChI is InChI=1S/C20H26N4O3/c25-20(17-7-5-16(6-8-17)11-24-15-21-14-22-24)23(12-18-3-1-9-26-18)13-19-4-2-10-27-19/h5-8,14-15,18-19H,1-4,9-13H2/t18-,19-/m0/s1. The topological polar surface area (TPSA) is 69.5 Å². The van der Waals surface area contributed by atoms with Gasteiger partial charge in [-0.25, -0.2) is 9.67 Å². The predicted octanol–water partition coefficient (Wildman–Crippen LogP) is 2.13. The van der Waals surface area contributed by atoms with Gasteiger partial charge in [0, 0.05) is 31.9 Å². The molecular weight excluding hydrogens is 344 g/mol. The Kier molecular flexibility index (Phi) is 5.79. The normalized spacial score (nSPS) is 22.2. The minimum atomic E-state index is 0.0494. The van der Waals surface area contributed by atoms with Crippen molar-refractivity contribution < 1.29 is 14.3 Å². The average molecular weight is 370 g/mol. The minimum Gasteiger partial charge on any atom is -0.376 e. The minimum absolute atomic E-state index is 0.0494. The third-order valence-corrected chi connectivity index (χ3v) is 5.20. The zero-order valence-corrected chi connectivity index (χ0v) is 15.5. The fourth-order valence-corrected chi connectivity index (χ4v) is 3.75. The summed E-state index contributed by atoms with van der Waals surface area (Å²) in [6, 6.07) is 7.75. The molecule has 2 aromatic rings. The van der Waals surface area contributed by atoms with E-state index in [1.165, 1.54) is 6.33 Å². The lowest BCUT2D eigenvalue weighted by molar-refractivity contribution is 0.0307. The molecule has 144 valence electrons. The van der Waals surface area contributed by atoms with Crippen LogP contribution in [-0.4, -0.2) is 64.1 Å². The molecule has 2 atom stereocenters. The van der Waals surface area contributed by atoms with E-state index < -0.39 is 0 Å². The maximum atomic E-state index is 13.1. The van der Waals surface area contributed by atoms with E-state index in [1.807, 2.05) is 29.2 Å². The summed E-state index contributed by atoms with van der Waals surface area (Å²) < 4.78 is 13.3. The van der Waals surface area contributed by atoms with E-state index in [0.29, 0.717) is 25.2 Å². The Morgan fingerprint density at radius 1 is 1.07 bits per heavy atom. The fourth-order valence-electron chi connectivity index (χ4n) is 3.75. The van der Waals surface area contributed by atoms with Crippen molar-refractivity contribution in [2.24, 2.45) is 0 Å². The van der Waals surface area contributed by atoms with Gasteiger partial charge in [0.15, 0.2) is 0 Å². The molecule has 2 aliphatic heterocycles. The van der Waals surface area contributed by atoms with Crippen LogP contribution in [0, 0.1) is 0 Å². The van der Waals surface area contributed by atoms with Gasteiger partial charge in [-0.05, 0) is 43.4 Å². The highest BCUT2D eigenvalue weighted by atomic mass is 16.5. The van der Waals surface area contributed by atoms with E-state index in [9.17, 15) is 4.79 Å². The number of amides is 1. The maximum absolute atomic E-state index is 13.1. The smallest absolute Gasteiger partial charge is 0.254 e. The van der Waals surface area contributed by atoms with E-state index in [-0.39, 0.29) is 18.1 Å². The molecular formula is C20H26N4O3. The van der Waals surface area contributed by atoms with Gasteiger partial charge in [-0.1, -0.05) is 12.1 Å². The lowest BCUT2D eigenvalue weighted by Gasteiger charge is -2.28. The molecule has 1 amide bonds. The van der Waals surface area contributed by atoms with Gasteiger partial charge >= 0.3 is 0 Å². The monoisotopic (exact) mass is 370 g/mol. The largest absolute Gasteiger partial charge is 0.376 e. The van der Waals surface area contributed by atoms with Crippen molar-refractivity contribution in [1.29, 1.82) is 0 Å². The van der Waals surface area contributed by atoms with Gasteiger partial charge in [0.2, 0.25) is 0 Å². The lowest BCUT2D eigenvalue weighted by atomic mass is 10.1. The zero-order chi connectivity index (χ0) is 18.5. The van der Waals surface area contributed by atoms with E-state index >= 15 is 0 Å². The Morgan fingerprint density at radius 2 is 1.74 bits per heavy atom. The summed E-state index contributed by atoms with van der Waals surface area (Å²) in [7, 11) is 0. The van der Waals surface area contributed by atoms with Crippen molar-refractivity contribution in [3.8, 4) is 0 Å². The number of nitrogens with zero attached hydrogens (tertiary/aromatic N) is 4. The number of hydrogen-bond acceptors (Lipinski definition) is 5. The van der Waals surface area contributed by atoms with Crippen LogP contribution in [-0.2, 0) is 16.0 Å². The molecule has 7 nitrogen and oxygen atoms in total. The Balaban J connectivity index is 1.43. The second kappa shape index (κ2) is 8.63. The van der Waals surface area contributed by atoms with Crippen molar-refractivity contribution in [3.05, 3.63) is 48.0 Å². The van der Waals surface area contributed by atoms with Crippen LogP contribution < -0.4 is 0 Å². The van der Waals surface area contributed by atoms with Crippen LogP contribution in [0.1, 0.15) is 41.6 Å². The predicted molar refractivity (Wildman–Crippen MR) is 99.4 cm³/mol. The molecule has 27 heavy (non-hydrogen) atoms. The summed E-state index contributed by atoms with van der Waals surface area (Å²) in [5, 5.41) is 4.11. The van der Waals surface area contributed by atoms with Crippen LogP contribution in [0.5, 0.6) is 0 Å². The van der Waals surface area contributed by atoms with Crippen LogP contribution in [0.3, 0.4) is 0 Å². The highest BCUT2D eigenvalue weighted by Crippen LogP contribution is 2.19. The molecule has 0 saturated carbocycles. The molecule has 1 aromatic heterocycles. The molecule has 0 unspecified atom stereocenters.